The molecule has 0 aromatic carbocycles. The Morgan fingerprint density at radius 2 is 1.64 bits per heavy atom. The first-order valence-electron chi connectivity index (χ1n) is 5.04. The minimum atomic E-state index is -0.202. The predicted octanol–water partition coefficient (Wildman–Crippen LogP) is 3.29. The van der Waals surface area contributed by atoms with Gasteiger partial charge in [-0.3, -0.25) is 0 Å². The first-order valence-corrected chi connectivity index (χ1v) is 6.56. The highest BCUT2D eigenvalue weighted by Gasteiger charge is 2.56. The maximum Gasteiger partial charge on any atom is 0.463 e. The first-order chi connectivity index (χ1) is 6.12. The van der Waals surface area contributed by atoms with Crippen LogP contribution in [0.3, 0.4) is 0 Å². The molecule has 0 saturated carbocycles. The molecule has 4 heteroatoms. The first kappa shape index (κ1) is 12.8. The lowest BCUT2D eigenvalue weighted by Crippen LogP contribution is -2.46. The molecule has 0 spiro atoms. The molecule has 1 aliphatic rings. The van der Waals surface area contributed by atoms with E-state index in [2.05, 4.69) is 64.1 Å². The molecule has 0 aromatic heterocycles. The van der Waals surface area contributed by atoms with Crippen LogP contribution in [0.25, 0.3) is 0 Å². The van der Waals surface area contributed by atoms with Crippen LogP contribution in [0.5, 0.6) is 0 Å². The minimum Gasteiger partial charge on any atom is -0.403 e. The Bertz CT molecular complexity index is 225. The second-order valence-electron chi connectivity index (χ2n) is 5.81. The molecular weight excluding hydrogens is 290 g/mol. The molecule has 82 valence electrons. The summed E-state index contributed by atoms with van der Waals surface area (Å²) in [5.74, 6) is 0. The molecule has 0 radical (unpaired) electrons. The van der Waals surface area contributed by atoms with Crippen molar-refractivity contribution < 1.29 is 9.31 Å². The zero-order valence-electron chi connectivity index (χ0n) is 9.98. The summed E-state index contributed by atoms with van der Waals surface area (Å²) in [5.41, 5.74) is -0.377. The summed E-state index contributed by atoms with van der Waals surface area (Å²) in [6.45, 7) is 12.8. The van der Waals surface area contributed by atoms with Crippen molar-refractivity contribution in [3.8, 4) is 0 Å². The molecule has 0 amide bonds. The van der Waals surface area contributed by atoms with Gasteiger partial charge in [-0.25, -0.2) is 0 Å². The second-order valence-corrected chi connectivity index (χ2v) is 6.57. The van der Waals surface area contributed by atoms with Crippen LogP contribution in [-0.2, 0) is 9.31 Å². The van der Waals surface area contributed by atoms with Gasteiger partial charge in [0.05, 0.1) is 11.2 Å². The van der Waals surface area contributed by atoms with Gasteiger partial charge in [-0.15, -0.1) is 0 Å². The van der Waals surface area contributed by atoms with Gasteiger partial charge in [0.25, 0.3) is 0 Å². The number of hydrogen-bond donors (Lipinski definition) is 0. The molecule has 1 unspecified atom stereocenters. The van der Waals surface area contributed by atoms with Gasteiger partial charge in [0.2, 0.25) is 0 Å². The molecule has 0 bridgehead atoms. The van der Waals surface area contributed by atoms with E-state index in [9.17, 15) is 0 Å². The molecule has 1 atom stereocenters. The monoisotopic (exact) mass is 310 g/mol. The van der Waals surface area contributed by atoms with E-state index in [-0.39, 0.29) is 23.6 Å². The summed E-state index contributed by atoms with van der Waals surface area (Å²) in [6, 6.07) is 0. The van der Waals surface area contributed by atoms with Crippen LogP contribution in [0, 0.1) is 0 Å². The SMILES string of the molecule is CC(C)(C)B1OC(C)(C)C(C)(CI)O1. The Labute approximate surface area is 101 Å². The maximum absolute atomic E-state index is 6.05. The third-order valence-electron chi connectivity index (χ3n) is 3.00. The van der Waals surface area contributed by atoms with Gasteiger partial charge >= 0.3 is 7.12 Å². The predicted molar refractivity (Wildman–Crippen MR) is 69.0 cm³/mol. The Morgan fingerprint density at radius 1 is 1.14 bits per heavy atom. The van der Waals surface area contributed by atoms with Crippen molar-refractivity contribution in [3.63, 3.8) is 0 Å². The van der Waals surface area contributed by atoms with Crippen molar-refractivity contribution in [1.29, 1.82) is 0 Å². The van der Waals surface area contributed by atoms with Crippen LogP contribution < -0.4 is 0 Å². The van der Waals surface area contributed by atoms with Crippen LogP contribution in [0.1, 0.15) is 41.5 Å². The third-order valence-corrected chi connectivity index (χ3v) is 4.46. The molecule has 1 rings (SSSR count). The topological polar surface area (TPSA) is 18.5 Å². The van der Waals surface area contributed by atoms with E-state index in [0.29, 0.717) is 0 Å². The Kier molecular flexibility index (Phi) is 3.31. The zero-order valence-corrected chi connectivity index (χ0v) is 12.1. The third kappa shape index (κ3) is 2.12. The van der Waals surface area contributed by atoms with E-state index in [1.54, 1.807) is 0 Å². The van der Waals surface area contributed by atoms with Gasteiger partial charge in [0.15, 0.2) is 0 Å². The summed E-state index contributed by atoms with van der Waals surface area (Å²) in [4.78, 5) is 0. The summed E-state index contributed by atoms with van der Waals surface area (Å²) in [6.07, 6.45) is 0. The molecular formula is C10H20BIO2. The summed E-state index contributed by atoms with van der Waals surface area (Å²) in [7, 11) is -0.0998. The summed E-state index contributed by atoms with van der Waals surface area (Å²) >= 11 is 2.36. The Hall–Kier alpha value is 0.715. The quantitative estimate of drug-likeness (QED) is 0.420. The van der Waals surface area contributed by atoms with Gasteiger partial charge in [-0.2, -0.15) is 0 Å². The van der Waals surface area contributed by atoms with E-state index in [1.165, 1.54) is 0 Å². The van der Waals surface area contributed by atoms with Gasteiger partial charge < -0.3 is 9.31 Å². The fourth-order valence-electron chi connectivity index (χ4n) is 1.34. The van der Waals surface area contributed by atoms with Gasteiger partial charge in [0, 0.05) is 4.43 Å². The van der Waals surface area contributed by atoms with Crippen LogP contribution in [0.2, 0.25) is 5.31 Å². The van der Waals surface area contributed by atoms with Crippen molar-refractivity contribution >= 4 is 29.7 Å². The number of rotatable bonds is 1. The Morgan fingerprint density at radius 3 is 1.86 bits per heavy atom. The van der Waals surface area contributed by atoms with Crippen molar-refractivity contribution in [2.75, 3.05) is 4.43 Å². The fraction of sp³-hybridized carbons (Fsp3) is 1.00. The molecule has 0 aromatic rings. The highest BCUT2D eigenvalue weighted by Crippen LogP contribution is 2.45. The summed E-state index contributed by atoms with van der Waals surface area (Å²) in [5, 5.41) is 0.0425. The van der Waals surface area contributed by atoms with E-state index in [1.807, 2.05) is 0 Å². The lowest BCUT2D eigenvalue weighted by molar-refractivity contribution is 0.0119. The molecule has 1 heterocycles. The molecule has 14 heavy (non-hydrogen) atoms. The van der Waals surface area contributed by atoms with E-state index in [4.69, 9.17) is 9.31 Å². The normalized spacial score (nSPS) is 32.4. The van der Waals surface area contributed by atoms with Crippen molar-refractivity contribution in [3.05, 3.63) is 0 Å². The average Bonchev–Trinajstić information content (AvgIpc) is 2.23. The van der Waals surface area contributed by atoms with Crippen LogP contribution in [0.15, 0.2) is 0 Å². The van der Waals surface area contributed by atoms with Gasteiger partial charge in [-0.1, -0.05) is 43.4 Å². The van der Waals surface area contributed by atoms with E-state index in [0.717, 1.165) is 4.43 Å². The fourth-order valence-corrected chi connectivity index (χ4v) is 2.44. The zero-order chi connectivity index (χ0) is 11.2. The molecule has 1 fully saturated rings. The largest absolute Gasteiger partial charge is 0.463 e. The average molecular weight is 310 g/mol. The Balaban J connectivity index is 2.87. The highest BCUT2D eigenvalue weighted by molar-refractivity contribution is 14.1. The maximum atomic E-state index is 6.05. The molecule has 0 N–H and O–H groups in total. The molecule has 0 aliphatic carbocycles. The molecule has 2 nitrogen and oxygen atoms in total. The lowest BCUT2D eigenvalue weighted by atomic mass is 9.61. The smallest absolute Gasteiger partial charge is 0.403 e. The van der Waals surface area contributed by atoms with Crippen molar-refractivity contribution in [2.24, 2.45) is 0 Å². The van der Waals surface area contributed by atoms with Gasteiger partial charge in [0.1, 0.15) is 0 Å². The van der Waals surface area contributed by atoms with E-state index < -0.39 is 0 Å². The van der Waals surface area contributed by atoms with Crippen molar-refractivity contribution in [1.82, 2.24) is 0 Å². The number of alkyl halides is 1. The number of halogens is 1. The second kappa shape index (κ2) is 3.63. The molecule has 1 aliphatic heterocycles. The van der Waals surface area contributed by atoms with E-state index >= 15 is 0 Å². The lowest BCUT2D eigenvalue weighted by Gasteiger charge is -2.34. The summed E-state index contributed by atoms with van der Waals surface area (Å²) < 4.78 is 13.0. The molecule has 1 saturated heterocycles. The number of hydrogen-bond acceptors (Lipinski definition) is 2. The highest BCUT2D eigenvalue weighted by atomic mass is 127. The standard InChI is InChI=1S/C10H20BIO2/c1-8(2,3)11-13-9(4,5)10(6,7-12)14-11/h7H2,1-6H3. The van der Waals surface area contributed by atoms with Crippen molar-refractivity contribution in [2.45, 2.75) is 58.1 Å². The van der Waals surface area contributed by atoms with Crippen LogP contribution in [0.4, 0.5) is 0 Å². The van der Waals surface area contributed by atoms with Crippen LogP contribution in [-0.4, -0.2) is 22.7 Å². The van der Waals surface area contributed by atoms with Crippen LogP contribution >= 0.6 is 22.6 Å². The minimum absolute atomic E-state index is 0.0425. The van der Waals surface area contributed by atoms with Gasteiger partial charge in [-0.05, 0) is 26.1 Å².